The lowest BCUT2D eigenvalue weighted by molar-refractivity contribution is 0.0342. The van der Waals surface area contributed by atoms with Crippen LogP contribution in [0.1, 0.15) is 11.1 Å². The Morgan fingerprint density at radius 2 is 1.68 bits per heavy atom. The van der Waals surface area contributed by atoms with Crippen LogP contribution in [0.5, 0.6) is 0 Å². The van der Waals surface area contributed by atoms with E-state index in [0.29, 0.717) is 0 Å². The minimum absolute atomic E-state index is 0. The minimum Gasteiger partial charge on any atom is -0.379 e. The van der Waals surface area contributed by atoms with Gasteiger partial charge >= 0.3 is 0 Å². The van der Waals surface area contributed by atoms with Crippen molar-refractivity contribution in [2.45, 2.75) is 13.1 Å². The fourth-order valence-electron chi connectivity index (χ4n) is 3.98. The zero-order valence-corrected chi connectivity index (χ0v) is 20.6. The van der Waals surface area contributed by atoms with Crippen molar-refractivity contribution < 1.29 is 4.74 Å². The number of hydrogen-bond acceptors (Lipinski definition) is 5. The van der Waals surface area contributed by atoms with Crippen LogP contribution in [0.3, 0.4) is 0 Å². The van der Waals surface area contributed by atoms with Gasteiger partial charge < -0.3 is 19.9 Å². The van der Waals surface area contributed by atoms with Crippen LogP contribution in [-0.4, -0.2) is 80.3 Å². The van der Waals surface area contributed by atoms with Gasteiger partial charge in [0.25, 0.3) is 0 Å². The first kappa shape index (κ1) is 23.7. The largest absolute Gasteiger partial charge is 0.379 e. The van der Waals surface area contributed by atoms with E-state index in [4.69, 9.17) is 4.74 Å². The SMILES string of the molecule is CN=C(NCc1ccc(CN2CCOCC2)cc1)N1CCN(c2ccccn2)CC1.I. The molecule has 4 rings (SSSR count). The Labute approximate surface area is 202 Å². The van der Waals surface area contributed by atoms with E-state index in [2.05, 4.69) is 60.3 Å². The molecule has 2 aromatic rings. The number of ether oxygens (including phenoxy) is 1. The number of nitrogens with one attached hydrogen (secondary N) is 1. The standard InChI is InChI=1S/C23H32N6O.HI/c1-24-23(29-12-10-28(11-13-29)22-4-2-3-9-25-22)26-18-20-5-7-21(8-6-20)19-27-14-16-30-17-15-27;/h2-9H,10-19H2,1H3,(H,24,26);1H. The summed E-state index contributed by atoms with van der Waals surface area (Å²) in [7, 11) is 1.86. The first-order valence-corrected chi connectivity index (χ1v) is 10.8. The number of anilines is 1. The Kier molecular flexibility index (Phi) is 9.35. The number of benzene rings is 1. The van der Waals surface area contributed by atoms with Crippen LogP contribution in [0.25, 0.3) is 0 Å². The molecule has 2 saturated heterocycles. The molecule has 3 heterocycles. The van der Waals surface area contributed by atoms with Crippen LogP contribution in [0.4, 0.5) is 5.82 Å². The van der Waals surface area contributed by atoms with Gasteiger partial charge in [-0.2, -0.15) is 0 Å². The van der Waals surface area contributed by atoms with Gasteiger partial charge in [-0.15, -0.1) is 24.0 Å². The number of piperazine rings is 1. The maximum Gasteiger partial charge on any atom is 0.194 e. The van der Waals surface area contributed by atoms with E-state index in [1.807, 2.05) is 25.4 Å². The molecular weight excluding hydrogens is 503 g/mol. The van der Waals surface area contributed by atoms with E-state index in [0.717, 1.165) is 77.3 Å². The number of guanidine groups is 1. The summed E-state index contributed by atoms with van der Waals surface area (Å²) in [5, 5.41) is 3.53. The molecule has 0 radical (unpaired) electrons. The van der Waals surface area contributed by atoms with Crippen molar-refractivity contribution in [1.29, 1.82) is 0 Å². The van der Waals surface area contributed by atoms with Crippen LogP contribution in [0.15, 0.2) is 53.7 Å². The smallest absolute Gasteiger partial charge is 0.194 e. The van der Waals surface area contributed by atoms with Crippen LogP contribution in [0, 0.1) is 0 Å². The molecule has 1 N–H and O–H groups in total. The summed E-state index contributed by atoms with van der Waals surface area (Å²) in [6.07, 6.45) is 1.86. The number of halogens is 1. The number of aromatic nitrogens is 1. The van der Waals surface area contributed by atoms with Gasteiger partial charge in [0.2, 0.25) is 0 Å². The van der Waals surface area contributed by atoms with Gasteiger partial charge in [-0.05, 0) is 23.3 Å². The third-order valence-corrected chi connectivity index (χ3v) is 5.75. The minimum atomic E-state index is 0. The molecule has 2 aliphatic heterocycles. The van der Waals surface area contributed by atoms with Crippen molar-refractivity contribution in [2.24, 2.45) is 4.99 Å². The Hall–Kier alpha value is -1.91. The second-order valence-electron chi connectivity index (χ2n) is 7.77. The number of hydrogen-bond donors (Lipinski definition) is 1. The molecule has 0 saturated carbocycles. The molecule has 0 bridgehead atoms. The maximum absolute atomic E-state index is 5.43. The van der Waals surface area contributed by atoms with Gasteiger partial charge in [-0.25, -0.2) is 4.98 Å². The summed E-state index contributed by atoms with van der Waals surface area (Å²) in [6, 6.07) is 15.0. The van der Waals surface area contributed by atoms with Gasteiger partial charge in [0.15, 0.2) is 5.96 Å². The lowest BCUT2D eigenvalue weighted by Gasteiger charge is -2.37. The van der Waals surface area contributed by atoms with Crippen LogP contribution < -0.4 is 10.2 Å². The molecule has 0 atom stereocenters. The number of morpholine rings is 1. The van der Waals surface area contributed by atoms with E-state index in [1.54, 1.807) is 0 Å². The van der Waals surface area contributed by atoms with E-state index < -0.39 is 0 Å². The fraction of sp³-hybridized carbons (Fsp3) is 0.478. The number of aliphatic imine (C=N–C) groups is 1. The zero-order chi connectivity index (χ0) is 20.6. The molecule has 168 valence electrons. The summed E-state index contributed by atoms with van der Waals surface area (Å²) in [5.41, 5.74) is 2.63. The molecule has 2 fully saturated rings. The monoisotopic (exact) mass is 536 g/mol. The summed E-state index contributed by atoms with van der Waals surface area (Å²) in [4.78, 5) is 16.1. The van der Waals surface area contributed by atoms with Gasteiger partial charge in [-0.3, -0.25) is 9.89 Å². The normalized spacial score (nSPS) is 17.9. The van der Waals surface area contributed by atoms with Gasteiger partial charge in [0.1, 0.15) is 5.82 Å². The molecule has 0 amide bonds. The van der Waals surface area contributed by atoms with Crippen molar-refractivity contribution in [3.05, 3.63) is 59.8 Å². The molecule has 31 heavy (non-hydrogen) atoms. The molecule has 2 aliphatic rings. The van der Waals surface area contributed by atoms with Crippen molar-refractivity contribution in [2.75, 3.05) is 64.4 Å². The average molecular weight is 536 g/mol. The van der Waals surface area contributed by atoms with Crippen molar-refractivity contribution in [1.82, 2.24) is 20.1 Å². The number of pyridine rings is 1. The average Bonchev–Trinajstić information content (AvgIpc) is 2.82. The quantitative estimate of drug-likeness (QED) is 0.360. The first-order valence-electron chi connectivity index (χ1n) is 10.8. The predicted molar refractivity (Wildman–Crippen MR) is 136 cm³/mol. The number of nitrogens with zero attached hydrogens (tertiary/aromatic N) is 5. The van der Waals surface area contributed by atoms with Crippen LogP contribution >= 0.6 is 24.0 Å². The van der Waals surface area contributed by atoms with Gasteiger partial charge in [0.05, 0.1) is 13.2 Å². The molecule has 8 heteroatoms. The molecule has 0 spiro atoms. The van der Waals surface area contributed by atoms with Crippen molar-refractivity contribution in [3.63, 3.8) is 0 Å². The number of rotatable bonds is 5. The third-order valence-electron chi connectivity index (χ3n) is 5.75. The first-order chi connectivity index (χ1) is 14.8. The molecule has 0 unspecified atom stereocenters. The second-order valence-corrected chi connectivity index (χ2v) is 7.77. The summed E-state index contributed by atoms with van der Waals surface area (Å²) in [5.74, 6) is 2.02. The molecule has 1 aromatic carbocycles. The summed E-state index contributed by atoms with van der Waals surface area (Å²) in [6.45, 7) is 9.30. The van der Waals surface area contributed by atoms with Crippen molar-refractivity contribution in [3.8, 4) is 0 Å². The lowest BCUT2D eigenvalue weighted by Crippen LogP contribution is -2.52. The summed E-state index contributed by atoms with van der Waals surface area (Å²) < 4.78 is 5.43. The second kappa shape index (κ2) is 12.2. The van der Waals surface area contributed by atoms with E-state index >= 15 is 0 Å². The van der Waals surface area contributed by atoms with E-state index in [-0.39, 0.29) is 24.0 Å². The topological polar surface area (TPSA) is 56.2 Å². The van der Waals surface area contributed by atoms with E-state index in [1.165, 1.54) is 11.1 Å². The zero-order valence-electron chi connectivity index (χ0n) is 18.2. The maximum atomic E-state index is 5.43. The lowest BCUT2D eigenvalue weighted by atomic mass is 10.1. The van der Waals surface area contributed by atoms with Crippen molar-refractivity contribution >= 4 is 35.8 Å². The Bertz CT molecular complexity index is 803. The predicted octanol–water partition coefficient (Wildman–Crippen LogP) is 2.43. The Morgan fingerprint density at radius 3 is 2.32 bits per heavy atom. The molecular formula is C23H33IN6O. The Morgan fingerprint density at radius 1 is 0.968 bits per heavy atom. The highest BCUT2D eigenvalue weighted by atomic mass is 127. The highest BCUT2D eigenvalue weighted by Crippen LogP contribution is 2.13. The van der Waals surface area contributed by atoms with Crippen LogP contribution in [-0.2, 0) is 17.8 Å². The summed E-state index contributed by atoms with van der Waals surface area (Å²) >= 11 is 0. The van der Waals surface area contributed by atoms with Crippen LogP contribution in [0.2, 0.25) is 0 Å². The Balaban J connectivity index is 0.00000272. The third kappa shape index (κ3) is 6.78. The molecule has 0 aliphatic carbocycles. The van der Waals surface area contributed by atoms with Gasteiger partial charge in [0, 0.05) is 65.6 Å². The highest BCUT2D eigenvalue weighted by molar-refractivity contribution is 14.0. The highest BCUT2D eigenvalue weighted by Gasteiger charge is 2.20. The van der Waals surface area contributed by atoms with Gasteiger partial charge in [-0.1, -0.05) is 30.3 Å². The van der Waals surface area contributed by atoms with E-state index in [9.17, 15) is 0 Å². The molecule has 1 aromatic heterocycles. The fourth-order valence-corrected chi connectivity index (χ4v) is 3.98. The molecule has 7 nitrogen and oxygen atoms in total.